The monoisotopic (exact) mass is 756 g/mol. The Morgan fingerprint density at radius 1 is 0.519 bits per heavy atom. The molecule has 17 heteroatoms. The minimum absolute atomic E-state index is 0.0473. The molecule has 0 aliphatic heterocycles. The zero-order chi connectivity index (χ0) is 41.1. The average Bonchev–Trinajstić information content (AvgIpc) is 3.15. The molecule has 2 amide bonds. The highest BCUT2D eigenvalue weighted by Crippen LogP contribution is 2.19. The molecule has 0 saturated heterocycles. The van der Waals surface area contributed by atoms with Gasteiger partial charge in [-0.1, -0.05) is 62.7 Å². The van der Waals surface area contributed by atoms with Gasteiger partial charge in [0.1, 0.15) is 33.0 Å². The first-order valence-corrected chi connectivity index (χ1v) is 15.9. The maximum absolute atomic E-state index is 12.6. The van der Waals surface area contributed by atoms with E-state index >= 15 is 0 Å². The zero-order valence-corrected chi connectivity index (χ0v) is 31.1. The molecule has 2 aromatic rings. The fourth-order valence-corrected chi connectivity index (χ4v) is 3.06. The number of hydrogen-bond donors (Lipinski definition) is 3. The van der Waals surface area contributed by atoms with Crippen LogP contribution in [0.2, 0.25) is 0 Å². The summed E-state index contributed by atoms with van der Waals surface area (Å²) in [7, 11) is 1.33. The number of anilines is 2. The first-order chi connectivity index (χ1) is 25.5. The number of benzene rings is 2. The Hall–Kier alpha value is -6.62. The van der Waals surface area contributed by atoms with Crippen LogP contribution in [0.25, 0.3) is 0 Å². The van der Waals surface area contributed by atoms with Crippen LogP contribution in [0.4, 0.5) is 21.0 Å². The minimum Gasteiger partial charge on any atom is -0.466 e. The van der Waals surface area contributed by atoms with Gasteiger partial charge in [-0.25, -0.2) is 39.6 Å². The quantitative estimate of drug-likeness (QED) is 0.0677. The van der Waals surface area contributed by atoms with E-state index in [0.717, 1.165) is 0 Å². The van der Waals surface area contributed by atoms with Crippen LogP contribution in [0.3, 0.4) is 0 Å². The predicted octanol–water partition coefficient (Wildman–Crippen LogP) is 4.27. The van der Waals surface area contributed by atoms with E-state index in [1.54, 1.807) is 74.5 Å². The van der Waals surface area contributed by atoms with E-state index in [1.807, 2.05) is 0 Å². The second kappa shape index (κ2) is 27.1. The summed E-state index contributed by atoms with van der Waals surface area (Å²) < 4.78 is 28.8. The van der Waals surface area contributed by atoms with Gasteiger partial charge in [0, 0.05) is 22.3 Å². The Kier molecular flexibility index (Phi) is 23.8. The van der Waals surface area contributed by atoms with E-state index in [2.05, 4.69) is 46.6 Å². The summed E-state index contributed by atoms with van der Waals surface area (Å²) in [4.78, 5) is 68.8. The lowest BCUT2D eigenvalue weighted by molar-refractivity contribution is -0.140. The van der Waals surface area contributed by atoms with Crippen molar-refractivity contribution in [1.29, 1.82) is 0 Å². The molecule has 0 radical (unpaired) electrons. The number of amides is 2. The normalized spacial score (nSPS) is 9.37. The second-order valence-corrected chi connectivity index (χ2v) is 10.5. The zero-order valence-electron chi connectivity index (χ0n) is 31.1. The summed E-state index contributed by atoms with van der Waals surface area (Å²) in [5.74, 6) is -2.01. The van der Waals surface area contributed by atoms with E-state index in [4.69, 9.17) is 24.1 Å². The molecule has 0 aliphatic rings. The van der Waals surface area contributed by atoms with Gasteiger partial charge in [0.05, 0.1) is 25.1 Å². The lowest BCUT2D eigenvalue weighted by Gasteiger charge is -2.36. The molecule has 0 atom stereocenters. The molecule has 3 N–H and O–H groups in total. The smallest absolute Gasteiger partial charge is 0.427 e. The number of carbonyl (C=O) groups is 6. The molecule has 0 unspecified atom stereocenters. The van der Waals surface area contributed by atoms with Crippen molar-refractivity contribution in [3.63, 3.8) is 0 Å². The van der Waals surface area contributed by atoms with Crippen LogP contribution in [0.1, 0.15) is 27.7 Å². The third kappa shape index (κ3) is 20.9. The number of ether oxygens (including phenoxy) is 6. The van der Waals surface area contributed by atoms with E-state index < -0.39 is 30.1 Å². The van der Waals surface area contributed by atoms with Gasteiger partial charge in [0.2, 0.25) is 0 Å². The number of methoxy groups -OCH3 is 1. The van der Waals surface area contributed by atoms with E-state index in [-0.39, 0.29) is 56.8 Å². The molecular formula is C37H48N4O13. The van der Waals surface area contributed by atoms with Gasteiger partial charge in [0.25, 0.3) is 0 Å². The van der Waals surface area contributed by atoms with Gasteiger partial charge < -0.3 is 33.5 Å². The Labute approximate surface area is 314 Å². The number of aliphatic hydroxyl groups is 1. The number of hydrogen-bond acceptors (Lipinski definition) is 15. The number of para-hydroxylation sites is 2. The minimum atomic E-state index is -0.900. The Balaban J connectivity index is 0.00000145. The molecule has 0 heterocycles. The molecule has 17 nitrogen and oxygen atoms in total. The summed E-state index contributed by atoms with van der Waals surface area (Å²) >= 11 is 0. The van der Waals surface area contributed by atoms with Crippen LogP contribution in [0, 0.1) is 0 Å². The fourth-order valence-electron chi connectivity index (χ4n) is 3.06. The first kappa shape index (κ1) is 47.4. The summed E-state index contributed by atoms with van der Waals surface area (Å²) in [6.07, 6.45) is -1.80. The molecule has 0 saturated carbocycles. The maximum Gasteiger partial charge on any atom is 0.427 e. The summed E-state index contributed by atoms with van der Waals surface area (Å²) in [6.45, 7) is 18.9. The molecule has 294 valence electrons. The van der Waals surface area contributed by atoms with Crippen molar-refractivity contribution in [3.05, 3.63) is 109 Å². The van der Waals surface area contributed by atoms with Crippen molar-refractivity contribution >= 4 is 47.4 Å². The molecular weight excluding hydrogens is 708 g/mol. The summed E-state index contributed by atoms with van der Waals surface area (Å²) in [6, 6.07) is 17.2. The van der Waals surface area contributed by atoms with Crippen LogP contribution in [-0.2, 0) is 47.6 Å². The third-order valence-corrected chi connectivity index (χ3v) is 5.60. The van der Waals surface area contributed by atoms with Crippen LogP contribution in [0.15, 0.2) is 109 Å². The number of esters is 4. The summed E-state index contributed by atoms with van der Waals surface area (Å²) in [5, 5.41) is 10.6. The molecule has 0 aromatic heterocycles. The highest BCUT2D eigenvalue weighted by Gasteiger charge is 2.23. The van der Waals surface area contributed by atoms with Crippen molar-refractivity contribution in [3.8, 4) is 0 Å². The largest absolute Gasteiger partial charge is 0.466 e. The highest BCUT2D eigenvalue weighted by molar-refractivity contribution is 5.88. The number of nitrogens with one attached hydrogen (secondary N) is 2. The number of aliphatic hydroxyl groups excluding tert-OH is 1. The number of carbonyl (C=O) groups excluding carboxylic acids is 6. The van der Waals surface area contributed by atoms with Crippen molar-refractivity contribution < 1.29 is 62.3 Å². The molecule has 0 fully saturated rings. The topological polar surface area (TPSA) is 209 Å². The van der Waals surface area contributed by atoms with Gasteiger partial charge in [-0.2, -0.15) is 10.2 Å². The molecule has 2 aromatic carbocycles. The third-order valence-electron chi connectivity index (χ3n) is 5.60. The van der Waals surface area contributed by atoms with Gasteiger partial charge >= 0.3 is 36.1 Å². The average molecular weight is 757 g/mol. The molecule has 0 spiro atoms. The van der Waals surface area contributed by atoms with Crippen LogP contribution >= 0.6 is 0 Å². The maximum atomic E-state index is 12.6. The van der Waals surface area contributed by atoms with E-state index in [1.165, 1.54) is 31.2 Å². The Bertz CT molecular complexity index is 1490. The molecule has 0 aliphatic carbocycles. The predicted molar refractivity (Wildman–Crippen MR) is 198 cm³/mol. The fraction of sp³-hybridized carbons (Fsp3) is 0.297. The van der Waals surface area contributed by atoms with Crippen LogP contribution in [-0.4, -0.2) is 87.9 Å². The first-order valence-electron chi connectivity index (χ1n) is 15.9. The standard InChI is InChI=1S/C26H30N4O8.C6H10O3.C5H8O2/c1-19(2)23(31)35-15-17-37-25(33)27-29(21-11-7-5-8-12-21)30(22-13-9-6-10-14-22)28-26(34)38-18-16-36-24(32)20(3)4;1-5(2)6(8)9-4-3-7;1-4(2)5(6)7-3/h5-14H,1,3,15-18H2,2,4H3,(H,27,33)(H,28,34);7H,1,3-4H2,2H3;1H2,2-3H3. The van der Waals surface area contributed by atoms with Crippen molar-refractivity contribution in [1.82, 2.24) is 10.9 Å². The lowest BCUT2D eigenvalue weighted by atomic mass is 10.3. The number of nitrogens with zero attached hydrogens (tertiary/aromatic N) is 2. The van der Waals surface area contributed by atoms with E-state index in [0.29, 0.717) is 22.5 Å². The van der Waals surface area contributed by atoms with Crippen molar-refractivity contribution in [2.75, 3.05) is 57.0 Å². The second-order valence-electron chi connectivity index (χ2n) is 10.5. The molecule has 2 rings (SSSR count). The summed E-state index contributed by atoms with van der Waals surface area (Å²) in [5.41, 5.74) is 7.17. The van der Waals surface area contributed by atoms with Gasteiger partial charge in [0.15, 0.2) is 0 Å². The lowest BCUT2D eigenvalue weighted by Crippen LogP contribution is -2.61. The molecule has 0 bridgehead atoms. The van der Waals surface area contributed by atoms with Crippen LogP contribution in [0.5, 0.6) is 0 Å². The van der Waals surface area contributed by atoms with Crippen LogP contribution < -0.4 is 21.1 Å². The van der Waals surface area contributed by atoms with E-state index in [9.17, 15) is 28.8 Å². The Morgan fingerprint density at radius 3 is 1.07 bits per heavy atom. The van der Waals surface area contributed by atoms with Gasteiger partial charge in [-0.15, -0.1) is 0 Å². The highest BCUT2D eigenvalue weighted by atomic mass is 16.6. The van der Waals surface area contributed by atoms with Crippen molar-refractivity contribution in [2.45, 2.75) is 27.7 Å². The number of hydrazine groups is 3. The molecule has 54 heavy (non-hydrogen) atoms. The SMILES string of the molecule is C=C(C)C(=O)OC.C=C(C)C(=O)OCCO.C=C(C)C(=O)OCCOC(=O)NN(c1ccccc1)N(NC(=O)OCCOC(=O)C(=C)C)c1ccccc1. The van der Waals surface area contributed by atoms with Crippen molar-refractivity contribution in [2.24, 2.45) is 0 Å². The Morgan fingerprint density at radius 2 is 0.815 bits per heavy atom. The van der Waals surface area contributed by atoms with Gasteiger partial charge in [-0.05, 0) is 52.0 Å². The number of rotatable bonds is 17. The van der Waals surface area contributed by atoms with Gasteiger partial charge in [-0.3, -0.25) is 0 Å².